The zero-order chi connectivity index (χ0) is 11.5. The van der Waals surface area contributed by atoms with E-state index in [1.54, 1.807) is 0 Å². The Morgan fingerprint density at radius 2 is 2.06 bits per heavy atom. The van der Waals surface area contributed by atoms with Gasteiger partial charge in [0.2, 0.25) is 0 Å². The second kappa shape index (κ2) is 4.66. The van der Waals surface area contributed by atoms with Crippen LogP contribution in [0.25, 0.3) is 0 Å². The molecule has 0 aromatic heterocycles. The van der Waals surface area contributed by atoms with Gasteiger partial charge in [-0.1, -0.05) is 18.2 Å². The molecular formula is C13H15N2S. The zero-order valence-corrected chi connectivity index (χ0v) is 10.4. The molecule has 0 bridgehead atoms. The fourth-order valence-corrected chi connectivity index (χ4v) is 1.99. The topological polar surface area (TPSA) is 26.1 Å². The molecule has 0 fully saturated rings. The van der Waals surface area contributed by atoms with Crippen LogP contribution in [0.5, 0.6) is 0 Å². The van der Waals surface area contributed by atoms with Gasteiger partial charge in [-0.05, 0) is 55.6 Å². The molecule has 0 atom stereocenters. The average molecular weight is 231 g/mol. The number of rotatable bonds is 3. The van der Waals surface area contributed by atoms with Crippen molar-refractivity contribution in [3.63, 3.8) is 0 Å². The third-order valence-electron chi connectivity index (χ3n) is 2.97. The van der Waals surface area contributed by atoms with Crippen LogP contribution in [0.3, 0.4) is 0 Å². The van der Waals surface area contributed by atoms with E-state index >= 15 is 0 Å². The number of allylic oxidation sites excluding steroid dienone is 1. The van der Waals surface area contributed by atoms with Crippen LogP contribution in [0, 0.1) is 13.8 Å². The van der Waals surface area contributed by atoms with Gasteiger partial charge in [0.1, 0.15) is 0 Å². The number of thiocarbonyl (C=S) groups is 1. The van der Waals surface area contributed by atoms with Crippen LogP contribution in [0.4, 0.5) is 0 Å². The maximum absolute atomic E-state index is 4.94. The Bertz CT molecular complexity index is 449. The summed E-state index contributed by atoms with van der Waals surface area (Å²) in [6.45, 7) is 4.32. The summed E-state index contributed by atoms with van der Waals surface area (Å²) in [7, 11) is 0. The summed E-state index contributed by atoms with van der Waals surface area (Å²) in [5.41, 5.74) is 5.18. The Labute approximate surface area is 102 Å². The third kappa shape index (κ3) is 2.42. The smallest absolute Gasteiger partial charge is 0.197 e. The summed E-state index contributed by atoms with van der Waals surface area (Å²) in [6, 6.07) is 6.44. The maximum atomic E-state index is 4.94. The molecule has 1 aromatic rings. The van der Waals surface area contributed by atoms with Crippen molar-refractivity contribution in [3.05, 3.63) is 46.8 Å². The summed E-state index contributed by atoms with van der Waals surface area (Å²) in [5.74, 6) is 0. The highest BCUT2D eigenvalue weighted by Gasteiger charge is 2.10. The molecule has 3 heteroatoms. The quantitative estimate of drug-likeness (QED) is 0.809. The minimum absolute atomic E-state index is 0.580. The van der Waals surface area contributed by atoms with Gasteiger partial charge in [-0.15, -0.1) is 0 Å². The normalized spacial score (nSPS) is 14.4. The third-order valence-corrected chi connectivity index (χ3v) is 3.18. The zero-order valence-electron chi connectivity index (χ0n) is 9.58. The Balaban J connectivity index is 2.00. The Morgan fingerprint density at radius 3 is 2.75 bits per heavy atom. The second-order valence-corrected chi connectivity index (χ2v) is 4.44. The molecular weight excluding hydrogens is 216 g/mol. The van der Waals surface area contributed by atoms with Crippen LogP contribution in [0.2, 0.25) is 0 Å². The summed E-state index contributed by atoms with van der Waals surface area (Å²) in [6.07, 6.45) is 3.86. The number of benzene rings is 1. The van der Waals surface area contributed by atoms with E-state index in [9.17, 15) is 0 Å². The standard InChI is InChI=1S/C13H15N2S/c1-9-4-3-5-11(10(9)2)6-7-12-8-14-13(16)15-12/h3-5,8H,6-7H2,1-2H3,(H,14,16). The second-order valence-electron chi connectivity index (χ2n) is 4.06. The van der Waals surface area contributed by atoms with Gasteiger partial charge in [0.05, 0.1) is 5.70 Å². The van der Waals surface area contributed by atoms with E-state index in [0.717, 1.165) is 18.5 Å². The first-order valence-electron chi connectivity index (χ1n) is 5.43. The van der Waals surface area contributed by atoms with Crippen molar-refractivity contribution in [2.45, 2.75) is 26.7 Å². The molecule has 1 aliphatic heterocycles. The minimum atomic E-state index is 0.580. The molecule has 1 aliphatic rings. The lowest BCUT2D eigenvalue weighted by Gasteiger charge is -2.08. The highest BCUT2D eigenvalue weighted by atomic mass is 32.1. The number of hydrogen-bond acceptors (Lipinski definition) is 1. The van der Waals surface area contributed by atoms with Gasteiger partial charge >= 0.3 is 0 Å². The van der Waals surface area contributed by atoms with Crippen molar-refractivity contribution in [1.82, 2.24) is 10.6 Å². The first-order chi connectivity index (χ1) is 7.66. The van der Waals surface area contributed by atoms with Crippen molar-refractivity contribution < 1.29 is 0 Å². The van der Waals surface area contributed by atoms with Gasteiger partial charge in [-0.3, -0.25) is 0 Å². The molecule has 0 saturated carbocycles. The van der Waals surface area contributed by atoms with Crippen molar-refractivity contribution in [2.24, 2.45) is 0 Å². The molecule has 2 nitrogen and oxygen atoms in total. The number of nitrogens with one attached hydrogen (secondary N) is 1. The summed E-state index contributed by atoms with van der Waals surface area (Å²) >= 11 is 4.94. The molecule has 0 amide bonds. The Morgan fingerprint density at radius 1 is 1.25 bits per heavy atom. The van der Waals surface area contributed by atoms with E-state index in [0.29, 0.717) is 5.11 Å². The van der Waals surface area contributed by atoms with Crippen LogP contribution in [0.15, 0.2) is 30.1 Å². The lowest BCUT2D eigenvalue weighted by atomic mass is 9.99. The van der Waals surface area contributed by atoms with Crippen molar-refractivity contribution in [1.29, 1.82) is 0 Å². The number of nitrogens with zero attached hydrogens (tertiary/aromatic N) is 1. The van der Waals surface area contributed by atoms with Gasteiger partial charge < -0.3 is 5.32 Å². The van der Waals surface area contributed by atoms with Crippen LogP contribution in [-0.2, 0) is 6.42 Å². The van der Waals surface area contributed by atoms with Gasteiger partial charge in [0.25, 0.3) is 0 Å². The highest BCUT2D eigenvalue weighted by Crippen LogP contribution is 2.16. The van der Waals surface area contributed by atoms with Crippen LogP contribution < -0.4 is 10.6 Å². The van der Waals surface area contributed by atoms with E-state index in [1.807, 2.05) is 6.20 Å². The van der Waals surface area contributed by atoms with E-state index in [-0.39, 0.29) is 0 Å². The molecule has 2 rings (SSSR count). The SMILES string of the molecule is Cc1cccc(CCC2=CNC(=S)[N]2)c1C. The lowest BCUT2D eigenvalue weighted by molar-refractivity contribution is 0.883. The largest absolute Gasteiger partial charge is 0.336 e. The van der Waals surface area contributed by atoms with Crippen molar-refractivity contribution in [2.75, 3.05) is 0 Å². The van der Waals surface area contributed by atoms with E-state index in [1.165, 1.54) is 16.7 Å². The summed E-state index contributed by atoms with van der Waals surface area (Å²) in [4.78, 5) is 0. The maximum Gasteiger partial charge on any atom is 0.197 e. The number of aryl methyl sites for hydroxylation is 2. The molecule has 0 spiro atoms. The molecule has 0 unspecified atom stereocenters. The van der Waals surface area contributed by atoms with Crippen molar-refractivity contribution >= 4 is 17.3 Å². The fraction of sp³-hybridized carbons (Fsp3) is 0.308. The van der Waals surface area contributed by atoms with Crippen molar-refractivity contribution in [3.8, 4) is 0 Å². The first-order valence-corrected chi connectivity index (χ1v) is 5.84. The van der Waals surface area contributed by atoms with Gasteiger partial charge in [0, 0.05) is 6.20 Å². The fourth-order valence-electron chi connectivity index (χ4n) is 1.81. The average Bonchev–Trinajstić information content (AvgIpc) is 2.67. The predicted molar refractivity (Wildman–Crippen MR) is 70.2 cm³/mol. The lowest BCUT2D eigenvalue weighted by Crippen LogP contribution is -2.15. The molecule has 1 heterocycles. The predicted octanol–water partition coefficient (Wildman–Crippen LogP) is 2.57. The molecule has 1 aromatic carbocycles. The highest BCUT2D eigenvalue weighted by molar-refractivity contribution is 7.80. The molecule has 0 saturated heterocycles. The van der Waals surface area contributed by atoms with Gasteiger partial charge in [0.15, 0.2) is 5.11 Å². The molecule has 16 heavy (non-hydrogen) atoms. The molecule has 1 radical (unpaired) electrons. The number of hydrogen-bond donors (Lipinski definition) is 1. The van der Waals surface area contributed by atoms with E-state index in [4.69, 9.17) is 12.2 Å². The summed E-state index contributed by atoms with van der Waals surface area (Å²) in [5, 5.41) is 7.75. The van der Waals surface area contributed by atoms with Crippen LogP contribution in [0.1, 0.15) is 23.1 Å². The molecule has 83 valence electrons. The van der Waals surface area contributed by atoms with Gasteiger partial charge in [-0.25, -0.2) is 5.32 Å². The monoisotopic (exact) mass is 231 g/mol. The Kier molecular flexibility index (Phi) is 3.25. The summed E-state index contributed by atoms with van der Waals surface area (Å²) < 4.78 is 0. The Hall–Kier alpha value is -1.35. The first kappa shape index (κ1) is 11.1. The van der Waals surface area contributed by atoms with Crippen LogP contribution >= 0.6 is 12.2 Å². The molecule has 0 aliphatic carbocycles. The minimum Gasteiger partial charge on any atom is -0.336 e. The van der Waals surface area contributed by atoms with Gasteiger partial charge in [-0.2, -0.15) is 0 Å². The van der Waals surface area contributed by atoms with E-state index < -0.39 is 0 Å². The van der Waals surface area contributed by atoms with Crippen LogP contribution in [-0.4, -0.2) is 5.11 Å². The molecule has 1 N–H and O–H groups in total. The van der Waals surface area contributed by atoms with E-state index in [2.05, 4.69) is 42.7 Å².